The summed E-state index contributed by atoms with van der Waals surface area (Å²) >= 11 is 7.45. The normalized spacial score (nSPS) is 10.5. The zero-order valence-electron chi connectivity index (χ0n) is 11.8. The third-order valence-electron chi connectivity index (χ3n) is 2.98. The van der Waals surface area contributed by atoms with Crippen LogP contribution in [0, 0.1) is 11.3 Å². The molecule has 3 aromatic rings. The smallest absolute Gasteiger partial charge is 0.192 e. The lowest BCUT2D eigenvalue weighted by molar-refractivity contribution is 0.936. The van der Waals surface area contributed by atoms with Gasteiger partial charge >= 0.3 is 0 Å². The highest BCUT2D eigenvalue weighted by atomic mass is 35.5. The molecule has 110 valence electrons. The van der Waals surface area contributed by atoms with Crippen LogP contribution in [0.4, 0.5) is 5.00 Å². The Bertz CT molecular complexity index is 843. The molecule has 0 unspecified atom stereocenters. The molecule has 6 nitrogen and oxygen atoms in total. The zero-order chi connectivity index (χ0) is 15.7. The van der Waals surface area contributed by atoms with E-state index in [0.29, 0.717) is 16.4 Å². The predicted molar refractivity (Wildman–Crippen MR) is 87.0 cm³/mol. The molecule has 1 N–H and O–H groups in total. The predicted octanol–water partition coefficient (Wildman–Crippen LogP) is 3.19. The minimum Gasteiger partial charge on any atom is -0.368 e. The van der Waals surface area contributed by atoms with Crippen LogP contribution in [0.5, 0.6) is 0 Å². The fourth-order valence-electron chi connectivity index (χ4n) is 1.96. The second-order valence-electron chi connectivity index (χ2n) is 4.71. The minimum absolute atomic E-state index is 0.232. The fraction of sp³-hybridized carbons (Fsp3) is 0.143. The molecule has 0 aliphatic heterocycles. The highest BCUT2D eigenvalue weighted by Crippen LogP contribution is 2.39. The van der Waals surface area contributed by atoms with Crippen LogP contribution < -0.4 is 4.90 Å². The number of halogens is 1. The summed E-state index contributed by atoms with van der Waals surface area (Å²) in [5.74, 6) is 0. The summed E-state index contributed by atoms with van der Waals surface area (Å²) in [4.78, 5) is 6.59. The number of hydrogen-bond acceptors (Lipinski definition) is 6. The van der Waals surface area contributed by atoms with Gasteiger partial charge in [-0.05, 0) is 12.1 Å². The molecule has 0 saturated carbocycles. The fourth-order valence-corrected chi connectivity index (χ4v) is 3.08. The van der Waals surface area contributed by atoms with Gasteiger partial charge in [0.1, 0.15) is 21.8 Å². The Morgan fingerprint density at radius 1 is 1.18 bits per heavy atom. The molecule has 0 aliphatic carbocycles. The van der Waals surface area contributed by atoms with E-state index in [1.807, 2.05) is 49.3 Å². The van der Waals surface area contributed by atoms with Crippen molar-refractivity contribution in [3.05, 3.63) is 35.0 Å². The van der Waals surface area contributed by atoms with E-state index in [1.165, 1.54) is 11.3 Å². The Morgan fingerprint density at radius 2 is 1.91 bits per heavy atom. The monoisotopic (exact) mass is 330 g/mol. The van der Waals surface area contributed by atoms with Gasteiger partial charge in [0.05, 0.1) is 0 Å². The van der Waals surface area contributed by atoms with E-state index in [4.69, 9.17) is 16.9 Å². The van der Waals surface area contributed by atoms with E-state index in [2.05, 4.69) is 20.4 Å². The summed E-state index contributed by atoms with van der Waals surface area (Å²) in [6, 6.07) is 9.50. The van der Waals surface area contributed by atoms with E-state index in [9.17, 15) is 0 Å². The molecule has 0 spiro atoms. The van der Waals surface area contributed by atoms with Crippen molar-refractivity contribution < 1.29 is 0 Å². The summed E-state index contributed by atoms with van der Waals surface area (Å²) in [5, 5.41) is 21.9. The molecular weight excluding hydrogens is 320 g/mol. The van der Waals surface area contributed by atoms with Gasteiger partial charge in [-0.2, -0.15) is 15.6 Å². The van der Waals surface area contributed by atoms with Crippen LogP contribution in [-0.4, -0.2) is 34.5 Å². The number of aromatic amines is 1. The SMILES string of the molecule is CN(C)c1sc(-c2ccc(Cl)cc2)nc1-c1n[nH]nc1C#N. The van der Waals surface area contributed by atoms with Crippen LogP contribution in [0.25, 0.3) is 22.0 Å². The van der Waals surface area contributed by atoms with Gasteiger partial charge in [0.2, 0.25) is 0 Å². The molecule has 0 fully saturated rings. The van der Waals surface area contributed by atoms with Crippen LogP contribution in [-0.2, 0) is 0 Å². The number of hydrogen-bond donors (Lipinski definition) is 1. The average molecular weight is 331 g/mol. The third-order valence-corrected chi connectivity index (χ3v) is 4.51. The Kier molecular flexibility index (Phi) is 3.79. The molecule has 8 heteroatoms. The van der Waals surface area contributed by atoms with Crippen molar-refractivity contribution in [2.24, 2.45) is 0 Å². The van der Waals surface area contributed by atoms with Crippen molar-refractivity contribution in [2.75, 3.05) is 19.0 Å². The highest BCUT2D eigenvalue weighted by Gasteiger charge is 2.21. The second kappa shape index (κ2) is 5.75. The summed E-state index contributed by atoms with van der Waals surface area (Å²) in [5.41, 5.74) is 2.30. The number of nitrogens with zero attached hydrogens (tertiary/aromatic N) is 5. The van der Waals surface area contributed by atoms with Gasteiger partial charge in [-0.3, -0.25) is 0 Å². The Labute approximate surface area is 136 Å². The number of nitriles is 1. The average Bonchev–Trinajstić information content (AvgIpc) is 3.14. The first-order chi connectivity index (χ1) is 10.6. The first-order valence-electron chi connectivity index (χ1n) is 6.35. The molecule has 0 atom stereocenters. The summed E-state index contributed by atoms with van der Waals surface area (Å²) < 4.78 is 0. The molecule has 22 heavy (non-hydrogen) atoms. The maximum Gasteiger partial charge on any atom is 0.192 e. The molecule has 2 aromatic heterocycles. The minimum atomic E-state index is 0.232. The van der Waals surface area contributed by atoms with Gasteiger partial charge < -0.3 is 4.90 Å². The van der Waals surface area contributed by atoms with Crippen molar-refractivity contribution >= 4 is 27.9 Å². The standard InChI is InChI=1S/C14H11ClN6S/c1-21(2)14-12(11-10(7-16)18-20-19-11)17-13(22-14)8-3-5-9(15)6-4-8/h3-6H,1-2H3,(H,18,19,20). The van der Waals surface area contributed by atoms with Crippen molar-refractivity contribution in [1.29, 1.82) is 5.26 Å². The number of anilines is 1. The Balaban J connectivity index is 2.15. The molecule has 1 aromatic carbocycles. The van der Waals surface area contributed by atoms with Crippen molar-refractivity contribution in [1.82, 2.24) is 20.4 Å². The van der Waals surface area contributed by atoms with Crippen LogP contribution in [0.3, 0.4) is 0 Å². The van der Waals surface area contributed by atoms with Crippen LogP contribution in [0.1, 0.15) is 5.69 Å². The topological polar surface area (TPSA) is 81.5 Å². The quantitative estimate of drug-likeness (QED) is 0.797. The molecule has 0 saturated heterocycles. The van der Waals surface area contributed by atoms with E-state index < -0.39 is 0 Å². The van der Waals surface area contributed by atoms with Gasteiger partial charge in [0, 0.05) is 24.7 Å². The maximum atomic E-state index is 9.13. The second-order valence-corrected chi connectivity index (χ2v) is 6.12. The lowest BCUT2D eigenvalue weighted by Gasteiger charge is -2.09. The van der Waals surface area contributed by atoms with E-state index in [1.54, 1.807) is 0 Å². The van der Waals surface area contributed by atoms with Crippen LogP contribution >= 0.6 is 22.9 Å². The maximum absolute atomic E-state index is 9.13. The first-order valence-corrected chi connectivity index (χ1v) is 7.55. The number of nitrogens with one attached hydrogen (secondary N) is 1. The van der Waals surface area contributed by atoms with Crippen LogP contribution in [0.2, 0.25) is 5.02 Å². The number of H-pyrrole nitrogens is 1. The lowest BCUT2D eigenvalue weighted by Crippen LogP contribution is -2.08. The van der Waals surface area contributed by atoms with Gasteiger partial charge in [0.15, 0.2) is 11.4 Å². The van der Waals surface area contributed by atoms with Crippen molar-refractivity contribution in [3.8, 4) is 28.0 Å². The number of benzene rings is 1. The molecule has 2 heterocycles. The molecule has 0 bridgehead atoms. The molecule has 0 radical (unpaired) electrons. The largest absolute Gasteiger partial charge is 0.368 e. The summed E-state index contributed by atoms with van der Waals surface area (Å²) in [6.07, 6.45) is 0. The van der Waals surface area contributed by atoms with Gasteiger partial charge in [-0.1, -0.05) is 35.1 Å². The van der Waals surface area contributed by atoms with Crippen LogP contribution in [0.15, 0.2) is 24.3 Å². The number of aromatic nitrogens is 4. The van der Waals surface area contributed by atoms with Gasteiger partial charge in [0.25, 0.3) is 0 Å². The summed E-state index contributed by atoms with van der Waals surface area (Å²) in [7, 11) is 3.85. The molecule has 3 rings (SSSR count). The van der Waals surface area contributed by atoms with E-state index in [-0.39, 0.29) is 5.69 Å². The Hall–Kier alpha value is -2.43. The first kappa shape index (κ1) is 14.5. The third kappa shape index (κ3) is 2.54. The van der Waals surface area contributed by atoms with Crippen molar-refractivity contribution in [2.45, 2.75) is 0 Å². The van der Waals surface area contributed by atoms with Gasteiger partial charge in [-0.25, -0.2) is 4.98 Å². The molecule has 0 aliphatic rings. The zero-order valence-corrected chi connectivity index (χ0v) is 13.4. The highest BCUT2D eigenvalue weighted by molar-refractivity contribution is 7.19. The number of thiazole rings is 1. The van der Waals surface area contributed by atoms with E-state index >= 15 is 0 Å². The molecular formula is C14H11ClN6S. The van der Waals surface area contributed by atoms with Gasteiger partial charge in [-0.15, -0.1) is 5.10 Å². The number of rotatable bonds is 3. The Morgan fingerprint density at radius 3 is 2.55 bits per heavy atom. The lowest BCUT2D eigenvalue weighted by atomic mass is 10.2. The summed E-state index contributed by atoms with van der Waals surface area (Å²) in [6.45, 7) is 0. The van der Waals surface area contributed by atoms with E-state index in [0.717, 1.165) is 15.6 Å². The molecule has 0 amide bonds. The van der Waals surface area contributed by atoms with Crippen molar-refractivity contribution in [3.63, 3.8) is 0 Å².